The average Bonchev–Trinajstić information content (AvgIpc) is 2.54. The number of hydrogen-bond donors (Lipinski definition) is 2. The maximum absolute atomic E-state index is 12.7. The fraction of sp³-hybridized carbons (Fsp3) is 0.188. The molecule has 0 saturated heterocycles. The normalized spacial score (nSPS) is 11.8. The highest BCUT2D eigenvalue weighted by Gasteiger charge is 2.30. The van der Waals surface area contributed by atoms with Gasteiger partial charge in [0.05, 0.1) is 10.5 Å². The molecule has 0 saturated carbocycles. The summed E-state index contributed by atoms with van der Waals surface area (Å²) in [4.78, 5) is 11.2. The van der Waals surface area contributed by atoms with Crippen molar-refractivity contribution in [1.82, 2.24) is 0 Å². The van der Waals surface area contributed by atoms with Crippen molar-refractivity contribution < 1.29 is 26.4 Å². The Hall–Kier alpha value is -2.55. The number of hydrogen-bond acceptors (Lipinski definition) is 3. The molecule has 2 rings (SSSR count). The third-order valence-electron chi connectivity index (χ3n) is 3.19. The van der Waals surface area contributed by atoms with Crippen LogP contribution in [-0.4, -0.2) is 14.3 Å². The van der Waals surface area contributed by atoms with E-state index in [1.54, 1.807) is 6.92 Å². The van der Waals surface area contributed by atoms with Gasteiger partial charge in [-0.3, -0.25) is 9.52 Å². The molecule has 0 spiro atoms. The zero-order chi connectivity index (χ0) is 18.7. The van der Waals surface area contributed by atoms with Crippen LogP contribution in [0.25, 0.3) is 0 Å². The van der Waals surface area contributed by atoms with Gasteiger partial charge in [0, 0.05) is 17.8 Å². The third-order valence-corrected chi connectivity index (χ3v) is 4.57. The molecule has 2 aromatic rings. The number of amides is 1. The summed E-state index contributed by atoms with van der Waals surface area (Å²) in [6.07, 6.45) is -4.36. The van der Waals surface area contributed by atoms with E-state index >= 15 is 0 Å². The predicted molar refractivity (Wildman–Crippen MR) is 87.6 cm³/mol. The molecule has 0 heterocycles. The molecular formula is C16H15F3N2O3S. The van der Waals surface area contributed by atoms with E-state index in [1.807, 2.05) is 0 Å². The number of nitrogens with one attached hydrogen (secondary N) is 2. The number of halogens is 3. The van der Waals surface area contributed by atoms with Crippen molar-refractivity contribution in [3.8, 4) is 0 Å². The topological polar surface area (TPSA) is 75.3 Å². The van der Waals surface area contributed by atoms with E-state index in [9.17, 15) is 26.4 Å². The Balaban J connectivity index is 2.28. The molecule has 134 valence electrons. The summed E-state index contributed by atoms with van der Waals surface area (Å²) in [6.45, 7) is 1.64. The van der Waals surface area contributed by atoms with Crippen LogP contribution in [0.4, 0.5) is 24.5 Å². The highest BCUT2D eigenvalue weighted by atomic mass is 32.2. The maximum atomic E-state index is 12.7. The number of carbonyl (C=O) groups is 1. The van der Waals surface area contributed by atoms with Gasteiger partial charge in [-0.2, -0.15) is 13.2 Å². The van der Waals surface area contributed by atoms with Gasteiger partial charge < -0.3 is 5.32 Å². The number of anilines is 2. The third kappa shape index (κ3) is 4.96. The first kappa shape index (κ1) is 18.8. The number of benzene rings is 2. The monoisotopic (exact) mass is 372 g/mol. The van der Waals surface area contributed by atoms with Crippen LogP contribution < -0.4 is 10.0 Å². The first-order valence-electron chi connectivity index (χ1n) is 7.22. The van der Waals surface area contributed by atoms with Gasteiger partial charge in [-0.15, -0.1) is 0 Å². The van der Waals surface area contributed by atoms with Gasteiger partial charge in [0.15, 0.2) is 0 Å². The lowest BCUT2D eigenvalue weighted by Crippen LogP contribution is -2.15. The summed E-state index contributed by atoms with van der Waals surface area (Å²) in [5.74, 6) is -0.291. The molecule has 0 bridgehead atoms. The molecule has 0 aliphatic heterocycles. The van der Waals surface area contributed by atoms with E-state index < -0.39 is 21.8 Å². The SMILES string of the molecule is CCC(=O)Nc1cccc(S(=O)(=O)Nc2cccc(C(F)(F)F)c2)c1. The number of sulfonamides is 1. The summed E-state index contributed by atoms with van der Waals surface area (Å²) in [5.41, 5.74) is -0.895. The molecule has 0 unspecified atom stereocenters. The Morgan fingerprint density at radius 1 is 1.04 bits per heavy atom. The van der Waals surface area contributed by atoms with Gasteiger partial charge >= 0.3 is 6.18 Å². The van der Waals surface area contributed by atoms with Crippen molar-refractivity contribution in [3.05, 3.63) is 54.1 Å². The van der Waals surface area contributed by atoms with Crippen LogP contribution in [0.5, 0.6) is 0 Å². The molecule has 0 radical (unpaired) electrons. The molecule has 0 aliphatic carbocycles. The first-order chi connectivity index (χ1) is 11.6. The van der Waals surface area contributed by atoms with Gasteiger partial charge in [-0.25, -0.2) is 8.42 Å². The first-order valence-corrected chi connectivity index (χ1v) is 8.70. The molecule has 2 aromatic carbocycles. The van der Waals surface area contributed by atoms with Crippen molar-refractivity contribution in [2.75, 3.05) is 10.0 Å². The lowest BCUT2D eigenvalue weighted by molar-refractivity contribution is -0.137. The molecule has 0 aromatic heterocycles. The maximum Gasteiger partial charge on any atom is 0.416 e. The van der Waals surface area contributed by atoms with Crippen LogP contribution >= 0.6 is 0 Å². The van der Waals surface area contributed by atoms with Crippen molar-refractivity contribution >= 4 is 27.3 Å². The Labute approximate surface area is 142 Å². The molecule has 1 amide bonds. The van der Waals surface area contributed by atoms with E-state index in [4.69, 9.17) is 0 Å². The highest BCUT2D eigenvalue weighted by molar-refractivity contribution is 7.92. The van der Waals surface area contributed by atoms with E-state index in [0.717, 1.165) is 12.1 Å². The molecule has 25 heavy (non-hydrogen) atoms. The lowest BCUT2D eigenvalue weighted by Gasteiger charge is -2.12. The van der Waals surface area contributed by atoms with E-state index in [1.165, 1.54) is 30.3 Å². The fourth-order valence-electron chi connectivity index (χ4n) is 1.96. The summed E-state index contributed by atoms with van der Waals surface area (Å²) in [7, 11) is -4.11. The summed E-state index contributed by atoms with van der Waals surface area (Å²) >= 11 is 0. The quantitative estimate of drug-likeness (QED) is 0.837. The molecular weight excluding hydrogens is 357 g/mol. The lowest BCUT2D eigenvalue weighted by atomic mass is 10.2. The van der Waals surface area contributed by atoms with E-state index in [2.05, 4.69) is 10.0 Å². The Morgan fingerprint density at radius 2 is 1.68 bits per heavy atom. The number of carbonyl (C=O) groups excluding carboxylic acids is 1. The molecule has 5 nitrogen and oxygen atoms in total. The molecule has 0 aliphatic rings. The Bertz CT molecular complexity index is 880. The highest BCUT2D eigenvalue weighted by Crippen LogP contribution is 2.31. The number of rotatable bonds is 5. The van der Waals surface area contributed by atoms with Crippen LogP contribution in [0.15, 0.2) is 53.4 Å². The minimum Gasteiger partial charge on any atom is -0.326 e. The summed E-state index contributed by atoms with van der Waals surface area (Å²) in [5, 5.41) is 2.52. The van der Waals surface area contributed by atoms with Crippen molar-refractivity contribution in [2.45, 2.75) is 24.4 Å². The standard InChI is InChI=1S/C16H15F3N2O3S/c1-2-15(22)20-12-6-4-8-14(10-12)25(23,24)21-13-7-3-5-11(9-13)16(17,18)19/h3-10,21H,2H2,1H3,(H,20,22). The van der Waals surface area contributed by atoms with Gasteiger partial charge in [0.2, 0.25) is 5.91 Å². The Kier molecular flexibility index (Phi) is 5.36. The molecule has 0 fully saturated rings. The second-order valence-corrected chi connectivity index (χ2v) is 6.80. The molecule has 9 heteroatoms. The Morgan fingerprint density at radius 3 is 2.32 bits per heavy atom. The van der Waals surface area contributed by atoms with Crippen LogP contribution in [0.3, 0.4) is 0 Å². The zero-order valence-electron chi connectivity index (χ0n) is 13.1. The molecule has 2 N–H and O–H groups in total. The zero-order valence-corrected chi connectivity index (χ0v) is 13.9. The van der Waals surface area contributed by atoms with Crippen molar-refractivity contribution in [1.29, 1.82) is 0 Å². The van der Waals surface area contributed by atoms with Gasteiger partial charge in [0.1, 0.15) is 0 Å². The average molecular weight is 372 g/mol. The largest absolute Gasteiger partial charge is 0.416 e. The minimum absolute atomic E-state index is 0.182. The second-order valence-electron chi connectivity index (χ2n) is 5.11. The van der Waals surface area contributed by atoms with Gasteiger partial charge in [0.25, 0.3) is 10.0 Å². The number of alkyl halides is 3. The van der Waals surface area contributed by atoms with Crippen LogP contribution in [0.2, 0.25) is 0 Å². The van der Waals surface area contributed by atoms with Gasteiger partial charge in [-0.05, 0) is 36.4 Å². The fourth-order valence-corrected chi connectivity index (χ4v) is 3.06. The predicted octanol–water partition coefficient (Wildman–Crippen LogP) is 3.85. The van der Waals surface area contributed by atoms with Crippen LogP contribution in [-0.2, 0) is 21.0 Å². The summed E-state index contributed by atoms with van der Waals surface area (Å²) < 4.78 is 65.0. The molecule has 0 atom stereocenters. The minimum atomic E-state index is -4.58. The second kappa shape index (κ2) is 7.14. The van der Waals surface area contributed by atoms with Gasteiger partial charge in [-0.1, -0.05) is 19.1 Å². The smallest absolute Gasteiger partial charge is 0.326 e. The van der Waals surface area contributed by atoms with E-state index in [-0.39, 0.29) is 28.6 Å². The van der Waals surface area contributed by atoms with E-state index in [0.29, 0.717) is 6.07 Å². The van der Waals surface area contributed by atoms with Crippen LogP contribution in [0.1, 0.15) is 18.9 Å². The van der Waals surface area contributed by atoms with Crippen molar-refractivity contribution in [2.24, 2.45) is 0 Å². The van der Waals surface area contributed by atoms with Crippen LogP contribution in [0, 0.1) is 0 Å². The summed E-state index contributed by atoms with van der Waals surface area (Å²) in [6, 6.07) is 9.32. The van der Waals surface area contributed by atoms with Crippen molar-refractivity contribution in [3.63, 3.8) is 0 Å².